The quantitative estimate of drug-likeness (QED) is 0.835. The monoisotopic (exact) mass is 245 g/mol. The maximum absolute atomic E-state index is 13.4. The molecule has 1 fully saturated rings. The molecule has 18 heavy (non-hydrogen) atoms. The molecule has 1 aliphatic carbocycles. The van der Waals surface area contributed by atoms with E-state index in [0.717, 1.165) is 36.6 Å². The first kappa shape index (κ1) is 11.6. The molecule has 0 amide bonds. The van der Waals surface area contributed by atoms with E-state index in [1.807, 2.05) is 6.07 Å². The van der Waals surface area contributed by atoms with E-state index in [4.69, 9.17) is 0 Å². The molecule has 2 nitrogen and oxygen atoms in total. The standard InChI is InChI=1S/C15H16FNO/c16-11-3-6-15-14(9-11)13(7-8-17-15)10-1-4-12(18)5-2-10/h3,6-10,12,18H,1-2,4-5H2. The summed E-state index contributed by atoms with van der Waals surface area (Å²) in [6, 6.07) is 6.74. The molecule has 0 unspecified atom stereocenters. The number of fused-ring (bicyclic) bond motifs is 1. The Morgan fingerprint density at radius 2 is 1.89 bits per heavy atom. The van der Waals surface area contributed by atoms with Crippen LogP contribution in [0.4, 0.5) is 4.39 Å². The predicted octanol–water partition coefficient (Wildman–Crippen LogP) is 3.39. The topological polar surface area (TPSA) is 33.1 Å². The van der Waals surface area contributed by atoms with Crippen LogP contribution in [0, 0.1) is 5.82 Å². The third kappa shape index (κ3) is 2.10. The van der Waals surface area contributed by atoms with Crippen molar-refractivity contribution >= 4 is 10.9 Å². The maximum Gasteiger partial charge on any atom is 0.123 e. The van der Waals surface area contributed by atoms with Gasteiger partial charge in [-0.15, -0.1) is 0 Å². The van der Waals surface area contributed by atoms with Gasteiger partial charge in [-0.25, -0.2) is 4.39 Å². The lowest BCUT2D eigenvalue weighted by Gasteiger charge is -2.26. The fourth-order valence-electron chi connectivity index (χ4n) is 2.88. The highest BCUT2D eigenvalue weighted by atomic mass is 19.1. The second-order valence-corrected chi connectivity index (χ2v) is 5.07. The minimum Gasteiger partial charge on any atom is -0.393 e. The molecule has 1 aromatic carbocycles. The van der Waals surface area contributed by atoms with Crippen molar-refractivity contribution in [3.63, 3.8) is 0 Å². The van der Waals surface area contributed by atoms with Crippen LogP contribution in [0.3, 0.4) is 0 Å². The second kappa shape index (κ2) is 4.65. The van der Waals surface area contributed by atoms with Gasteiger partial charge in [-0.1, -0.05) is 0 Å². The smallest absolute Gasteiger partial charge is 0.123 e. The molecule has 0 spiro atoms. The summed E-state index contributed by atoms with van der Waals surface area (Å²) in [6.07, 6.45) is 5.24. The molecular formula is C15H16FNO. The van der Waals surface area contributed by atoms with Gasteiger partial charge in [0.2, 0.25) is 0 Å². The van der Waals surface area contributed by atoms with Crippen LogP contribution in [0.1, 0.15) is 37.2 Å². The first-order valence-electron chi connectivity index (χ1n) is 6.46. The van der Waals surface area contributed by atoms with E-state index in [0.29, 0.717) is 5.92 Å². The third-order valence-corrected chi connectivity index (χ3v) is 3.87. The first-order valence-corrected chi connectivity index (χ1v) is 6.46. The van der Waals surface area contributed by atoms with Gasteiger partial charge in [0.25, 0.3) is 0 Å². The Kier molecular flexibility index (Phi) is 3.00. The highest BCUT2D eigenvalue weighted by molar-refractivity contribution is 5.82. The van der Waals surface area contributed by atoms with Crippen molar-refractivity contribution < 1.29 is 9.50 Å². The van der Waals surface area contributed by atoms with Crippen LogP contribution in [0.5, 0.6) is 0 Å². The molecule has 1 aliphatic rings. The number of aliphatic hydroxyl groups excluding tert-OH is 1. The third-order valence-electron chi connectivity index (χ3n) is 3.87. The van der Waals surface area contributed by atoms with E-state index in [1.54, 1.807) is 18.3 Å². The number of pyridine rings is 1. The molecule has 0 bridgehead atoms. The van der Waals surface area contributed by atoms with Crippen LogP contribution >= 0.6 is 0 Å². The largest absolute Gasteiger partial charge is 0.393 e. The minimum atomic E-state index is -0.215. The maximum atomic E-state index is 13.4. The number of halogens is 1. The van der Waals surface area contributed by atoms with Crippen molar-refractivity contribution in [1.82, 2.24) is 4.98 Å². The summed E-state index contributed by atoms with van der Waals surface area (Å²) in [6.45, 7) is 0. The molecule has 2 aromatic rings. The zero-order chi connectivity index (χ0) is 12.5. The van der Waals surface area contributed by atoms with Gasteiger partial charge in [0, 0.05) is 11.6 Å². The summed E-state index contributed by atoms with van der Waals surface area (Å²) in [7, 11) is 0. The number of aliphatic hydroxyl groups is 1. The zero-order valence-corrected chi connectivity index (χ0v) is 10.1. The van der Waals surface area contributed by atoms with Gasteiger partial charge in [0.05, 0.1) is 11.6 Å². The fraction of sp³-hybridized carbons (Fsp3) is 0.400. The summed E-state index contributed by atoms with van der Waals surface area (Å²) >= 11 is 0. The molecule has 1 heterocycles. The van der Waals surface area contributed by atoms with Gasteiger partial charge < -0.3 is 5.11 Å². The number of rotatable bonds is 1. The van der Waals surface area contributed by atoms with E-state index in [1.165, 1.54) is 11.6 Å². The van der Waals surface area contributed by atoms with E-state index in [-0.39, 0.29) is 11.9 Å². The summed E-state index contributed by atoms with van der Waals surface area (Å²) in [5, 5.41) is 10.5. The van der Waals surface area contributed by atoms with Crippen molar-refractivity contribution in [1.29, 1.82) is 0 Å². The van der Waals surface area contributed by atoms with Gasteiger partial charge >= 0.3 is 0 Å². The molecule has 1 aromatic heterocycles. The molecule has 1 N–H and O–H groups in total. The van der Waals surface area contributed by atoms with Crippen molar-refractivity contribution in [3.8, 4) is 0 Å². The number of hydrogen-bond donors (Lipinski definition) is 1. The van der Waals surface area contributed by atoms with Gasteiger partial charge in [-0.3, -0.25) is 4.98 Å². The molecule has 3 heteroatoms. The van der Waals surface area contributed by atoms with Gasteiger partial charge in [-0.2, -0.15) is 0 Å². The Balaban J connectivity index is 2.03. The normalized spacial score (nSPS) is 24.3. The molecule has 0 saturated heterocycles. The van der Waals surface area contributed by atoms with E-state index < -0.39 is 0 Å². The highest BCUT2D eigenvalue weighted by Gasteiger charge is 2.22. The summed E-state index contributed by atoms with van der Waals surface area (Å²) in [5.74, 6) is 0.202. The van der Waals surface area contributed by atoms with Gasteiger partial charge in [0.1, 0.15) is 5.82 Å². The van der Waals surface area contributed by atoms with Crippen LogP contribution in [-0.4, -0.2) is 16.2 Å². The number of hydrogen-bond acceptors (Lipinski definition) is 2. The predicted molar refractivity (Wildman–Crippen MR) is 68.9 cm³/mol. The number of nitrogens with zero attached hydrogens (tertiary/aromatic N) is 1. The molecule has 0 radical (unpaired) electrons. The molecule has 3 rings (SSSR count). The Morgan fingerprint density at radius 3 is 2.67 bits per heavy atom. The Morgan fingerprint density at radius 1 is 1.11 bits per heavy atom. The molecule has 1 saturated carbocycles. The average molecular weight is 245 g/mol. The Bertz CT molecular complexity index is 561. The molecule has 0 atom stereocenters. The van der Waals surface area contributed by atoms with Gasteiger partial charge in [-0.05, 0) is 61.4 Å². The van der Waals surface area contributed by atoms with Gasteiger partial charge in [0.15, 0.2) is 0 Å². The lowest BCUT2D eigenvalue weighted by atomic mass is 9.81. The van der Waals surface area contributed by atoms with Crippen LogP contribution < -0.4 is 0 Å². The first-order chi connectivity index (χ1) is 8.74. The lowest BCUT2D eigenvalue weighted by Crippen LogP contribution is -2.17. The summed E-state index contributed by atoms with van der Waals surface area (Å²) in [4.78, 5) is 4.28. The number of aromatic nitrogens is 1. The number of benzene rings is 1. The minimum absolute atomic E-state index is 0.161. The van der Waals surface area contributed by atoms with E-state index in [9.17, 15) is 9.50 Å². The summed E-state index contributed by atoms with van der Waals surface area (Å²) in [5.41, 5.74) is 2.02. The van der Waals surface area contributed by atoms with E-state index >= 15 is 0 Å². The fourth-order valence-corrected chi connectivity index (χ4v) is 2.88. The summed E-state index contributed by atoms with van der Waals surface area (Å²) < 4.78 is 13.4. The molecule has 94 valence electrons. The van der Waals surface area contributed by atoms with Crippen molar-refractivity contribution in [2.45, 2.75) is 37.7 Å². The zero-order valence-electron chi connectivity index (χ0n) is 10.1. The lowest BCUT2D eigenvalue weighted by molar-refractivity contribution is 0.122. The average Bonchev–Trinajstić information content (AvgIpc) is 2.39. The van der Waals surface area contributed by atoms with E-state index in [2.05, 4.69) is 4.98 Å². The Hall–Kier alpha value is -1.48. The Labute approximate surface area is 105 Å². The van der Waals surface area contributed by atoms with Crippen LogP contribution in [0.25, 0.3) is 10.9 Å². The SMILES string of the molecule is OC1CCC(c2ccnc3ccc(F)cc23)CC1. The van der Waals surface area contributed by atoms with Crippen molar-refractivity contribution in [2.75, 3.05) is 0 Å². The van der Waals surface area contributed by atoms with Crippen molar-refractivity contribution in [2.24, 2.45) is 0 Å². The van der Waals surface area contributed by atoms with Crippen LogP contribution in [0.15, 0.2) is 30.5 Å². The molecule has 0 aliphatic heterocycles. The second-order valence-electron chi connectivity index (χ2n) is 5.07. The highest BCUT2D eigenvalue weighted by Crippen LogP contribution is 2.36. The van der Waals surface area contributed by atoms with Crippen molar-refractivity contribution in [3.05, 3.63) is 41.8 Å². The van der Waals surface area contributed by atoms with Crippen LogP contribution in [0.2, 0.25) is 0 Å². The van der Waals surface area contributed by atoms with Crippen LogP contribution in [-0.2, 0) is 0 Å². The molecular weight excluding hydrogens is 229 g/mol.